The van der Waals surface area contributed by atoms with Crippen molar-refractivity contribution >= 4 is 5.69 Å². The molecule has 0 aliphatic heterocycles. The van der Waals surface area contributed by atoms with E-state index in [1.54, 1.807) is 6.07 Å². The van der Waals surface area contributed by atoms with Gasteiger partial charge in [0.15, 0.2) is 0 Å². The van der Waals surface area contributed by atoms with Gasteiger partial charge in [-0.3, -0.25) is 0 Å². The van der Waals surface area contributed by atoms with Crippen molar-refractivity contribution in [3.05, 3.63) is 29.8 Å². The smallest absolute Gasteiger partial charge is 0.385 e. The van der Waals surface area contributed by atoms with Crippen LogP contribution in [0, 0.1) is 0 Å². The third-order valence-corrected chi connectivity index (χ3v) is 3.58. The Morgan fingerprint density at radius 3 is 2.05 bits per heavy atom. The summed E-state index contributed by atoms with van der Waals surface area (Å²) >= 11 is 0. The lowest BCUT2D eigenvalue weighted by Gasteiger charge is -2.31. The molecule has 1 atom stereocenters. The first kappa shape index (κ1) is 18.7. The molecule has 0 heterocycles. The van der Waals surface area contributed by atoms with E-state index in [4.69, 9.17) is 0 Å². The maximum Gasteiger partial charge on any atom is 0.453 e. The lowest BCUT2D eigenvalue weighted by atomic mass is 9.89. The Kier molecular flexibility index (Phi) is 5.43. The van der Waals surface area contributed by atoms with Crippen LogP contribution in [-0.4, -0.2) is 30.3 Å². The van der Waals surface area contributed by atoms with E-state index in [2.05, 4.69) is 0 Å². The molecule has 0 aliphatic carbocycles. The van der Waals surface area contributed by atoms with Crippen molar-refractivity contribution in [3.8, 4) is 0 Å². The molecule has 1 aromatic rings. The minimum absolute atomic E-state index is 0.0285. The summed E-state index contributed by atoms with van der Waals surface area (Å²) in [6.07, 6.45) is -7.40. The van der Waals surface area contributed by atoms with Crippen molar-refractivity contribution in [2.75, 3.05) is 18.0 Å². The standard InChI is InChI=1S/C15H20F5NO/c1-4-21(5-2)12-8-6-7-11(9-12)13(3,22)10-14(16,17)15(18,19)20/h6-9,22H,4-5,10H2,1-3H3. The number of halogens is 5. The van der Waals surface area contributed by atoms with Crippen LogP contribution in [0.1, 0.15) is 32.8 Å². The normalized spacial score (nSPS) is 15.5. The van der Waals surface area contributed by atoms with E-state index in [9.17, 15) is 27.1 Å². The lowest BCUT2D eigenvalue weighted by Crippen LogP contribution is -2.42. The van der Waals surface area contributed by atoms with Gasteiger partial charge in [0, 0.05) is 18.8 Å². The van der Waals surface area contributed by atoms with E-state index in [1.165, 1.54) is 18.2 Å². The van der Waals surface area contributed by atoms with Crippen molar-refractivity contribution in [3.63, 3.8) is 0 Å². The van der Waals surface area contributed by atoms with Gasteiger partial charge in [0.25, 0.3) is 0 Å². The maximum atomic E-state index is 13.2. The molecule has 1 rings (SSSR count). The third-order valence-electron chi connectivity index (χ3n) is 3.58. The molecule has 0 saturated carbocycles. The zero-order valence-corrected chi connectivity index (χ0v) is 12.7. The van der Waals surface area contributed by atoms with Gasteiger partial charge >= 0.3 is 12.1 Å². The van der Waals surface area contributed by atoms with Crippen molar-refractivity contribution in [1.29, 1.82) is 0 Å². The Morgan fingerprint density at radius 2 is 1.59 bits per heavy atom. The average Bonchev–Trinajstić information content (AvgIpc) is 2.38. The number of benzene rings is 1. The van der Waals surface area contributed by atoms with Crippen LogP contribution in [-0.2, 0) is 5.60 Å². The molecule has 0 amide bonds. The summed E-state index contributed by atoms with van der Waals surface area (Å²) in [5.41, 5.74) is -1.60. The summed E-state index contributed by atoms with van der Waals surface area (Å²) < 4.78 is 63.4. The number of anilines is 1. The molecule has 0 fully saturated rings. The highest BCUT2D eigenvalue weighted by molar-refractivity contribution is 5.49. The number of aliphatic hydroxyl groups is 1. The van der Waals surface area contributed by atoms with Gasteiger partial charge in [-0.2, -0.15) is 22.0 Å². The third kappa shape index (κ3) is 4.09. The number of hydrogen-bond acceptors (Lipinski definition) is 2. The summed E-state index contributed by atoms with van der Waals surface area (Å²) in [5, 5.41) is 10.1. The molecule has 2 nitrogen and oxygen atoms in total. The van der Waals surface area contributed by atoms with Crippen LogP contribution in [0.3, 0.4) is 0 Å². The van der Waals surface area contributed by atoms with E-state index in [1.807, 2.05) is 18.7 Å². The van der Waals surface area contributed by atoms with Gasteiger partial charge in [-0.05, 0) is 38.5 Å². The van der Waals surface area contributed by atoms with E-state index >= 15 is 0 Å². The molecule has 1 N–H and O–H groups in total. The number of nitrogens with zero attached hydrogens (tertiary/aromatic N) is 1. The maximum absolute atomic E-state index is 13.2. The second kappa shape index (κ2) is 6.40. The molecular weight excluding hydrogens is 305 g/mol. The fraction of sp³-hybridized carbons (Fsp3) is 0.600. The molecule has 7 heteroatoms. The van der Waals surface area contributed by atoms with Crippen LogP contribution < -0.4 is 4.90 Å². The van der Waals surface area contributed by atoms with Crippen LogP contribution in [0.15, 0.2) is 24.3 Å². The summed E-state index contributed by atoms with van der Waals surface area (Å²) in [5.74, 6) is -4.96. The van der Waals surface area contributed by atoms with Gasteiger partial charge in [0.2, 0.25) is 0 Å². The monoisotopic (exact) mass is 325 g/mol. The second-order valence-electron chi connectivity index (χ2n) is 5.38. The summed E-state index contributed by atoms with van der Waals surface area (Å²) in [7, 11) is 0. The van der Waals surface area contributed by atoms with Crippen molar-refractivity contribution in [1.82, 2.24) is 0 Å². The Bertz CT molecular complexity index is 495. The quantitative estimate of drug-likeness (QED) is 0.787. The minimum Gasteiger partial charge on any atom is -0.385 e. The SMILES string of the molecule is CCN(CC)c1cccc(C(C)(O)CC(F)(F)C(F)(F)F)c1. The first-order valence-electron chi connectivity index (χ1n) is 6.97. The molecule has 22 heavy (non-hydrogen) atoms. The van der Waals surface area contributed by atoms with E-state index < -0.39 is 24.1 Å². The van der Waals surface area contributed by atoms with Gasteiger partial charge in [0.05, 0.1) is 12.0 Å². The van der Waals surface area contributed by atoms with Gasteiger partial charge < -0.3 is 10.0 Å². The molecule has 1 aromatic carbocycles. The highest BCUT2D eigenvalue weighted by Crippen LogP contribution is 2.44. The topological polar surface area (TPSA) is 23.5 Å². The van der Waals surface area contributed by atoms with Crippen LogP contribution in [0.4, 0.5) is 27.6 Å². The largest absolute Gasteiger partial charge is 0.453 e. The molecule has 0 radical (unpaired) electrons. The summed E-state index contributed by atoms with van der Waals surface area (Å²) in [6.45, 7) is 6.06. The van der Waals surface area contributed by atoms with E-state index in [-0.39, 0.29) is 5.56 Å². The Morgan fingerprint density at radius 1 is 1.05 bits per heavy atom. The fourth-order valence-corrected chi connectivity index (χ4v) is 2.26. The molecule has 0 saturated heterocycles. The van der Waals surface area contributed by atoms with Gasteiger partial charge in [-0.15, -0.1) is 0 Å². The van der Waals surface area contributed by atoms with E-state index in [0.29, 0.717) is 18.8 Å². The lowest BCUT2D eigenvalue weighted by molar-refractivity contribution is -0.296. The first-order chi connectivity index (χ1) is 9.94. The van der Waals surface area contributed by atoms with Gasteiger partial charge in [-0.1, -0.05) is 12.1 Å². The highest BCUT2D eigenvalue weighted by atomic mass is 19.4. The van der Waals surface area contributed by atoms with Gasteiger partial charge in [-0.25, -0.2) is 0 Å². The molecule has 0 aliphatic rings. The van der Waals surface area contributed by atoms with Crippen molar-refractivity contribution in [2.45, 2.75) is 44.9 Å². The second-order valence-corrected chi connectivity index (χ2v) is 5.38. The Hall–Kier alpha value is -1.37. The molecule has 0 aromatic heterocycles. The molecule has 126 valence electrons. The van der Waals surface area contributed by atoms with Crippen LogP contribution in [0.5, 0.6) is 0 Å². The molecule has 0 spiro atoms. The number of alkyl halides is 5. The summed E-state index contributed by atoms with van der Waals surface area (Å²) in [4.78, 5) is 1.90. The molecule has 1 unspecified atom stereocenters. The minimum atomic E-state index is -5.69. The summed E-state index contributed by atoms with van der Waals surface area (Å²) in [6, 6.07) is 6.04. The molecule has 0 bridgehead atoms. The average molecular weight is 325 g/mol. The van der Waals surface area contributed by atoms with Gasteiger partial charge in [0.1, 0.15) is 0 Å². The van der Waals surface area contributed by atoms with E-state index in [0.717, 1.165) is 6.92 Å². The zero-order valence-electron chi connectivity index (χ0n) is 12.7. The first-order valence-corrected chi connectivity index (χ1v) is 6.97. The Balaban J connectivity index is 3.10. The number of hydrogen-bond donors (Lipinski definition) is 1. The van der Waals surface area contributed by atoms with Crippen molar-refractivity contribution in [2.24, 2.45) is 0 Å². The van der Waals surface area contributed by atoms with Crippen LogP contribution in [0.25, 0.3) is 0 Å². The molecular formula is C15H20F5NO. The van der Waals surface area contributed by atoms with Crippen molar-refractivity contribution < 1.29 is 27.1 Å². The van der Waals surface area contributed by atoms with Crippen LogP contribution in [0.2, 0.25) is 0 Å². The Labute approximate surface area is 126 Å². The van der Waals surface area contributed by atoms with Crippen LogP contribution >= 0.6 is 0 Å². The predicted molar refractivity (Wildman–Crippen MR) is 75.2 cm³/mol. The zero-order chi connectivity index (χ0) is 17.2. The highest BCUT2D eigenvalue weighted by Gasteiger charge is 2.60. The number of rotatable bonds is 6. The predicted octanol–water partition coefficient (Wildman–Crippen LogP) is 4.33. The fourth-order valence-electron chi connectivity index (χ4n) is 2.26.